The molecule has 0 radical (unpaired) electrons. The zero-order valence-corrected chi connectivity index (χ0v) is 17.4. The summed E-state index contributed by atoms with van der Waals surface area (Å²) in [6.45, 7) is 6.07. The number of carbonyl (C=O) groups excluding carboxylic acids is 2. The summed E-state index contributed by atoms with van der Waals surface area (Å²) >= 11 is 0. The summed E-state index contributed by atoms with van der Waals surface area (Å²) in [5, 5.41) is 8.23. The van der Waals surface area contributed by atoms with Crippen molar-refractivity contribution in [2.24, 2.45) is 5.10 Å². The van der Waals surface area contributed by atoms with E-state index in [-0.39, 0.29) is 25.0 Å². The van der Waals surface area contributed by atoms with Gasteiger partial charge in [-0.1, -0.05) is 0 Å². The van der Waals surface area contributed by atoms with Crippen molar-refractivity contribution in [1.82, 2.24) is 20.1 Å². The number of ether oxygens (including phenoxy) is 2. The van der Waals surface area contributed by atoms with Crippen molar-refractivity contribution in [1.29, 1.82) is 0 Å². The number of aryl methyl sites for hydroxylation is 2. The van der Waals surface area contributed by atoms with E-state index < -0.39 is 0 Å². The Bertz CT molecular complexity index is 889. The van der Waals surface area contributed by atoms with Crippen molar-refractivity contribution >= 4 is 18.0 Å². The Morgan fingerprint density at radius 3 is 2.59 bits per heavy atom. The SMILES string of the molecule is CCOc1cc(/C=N\NC(=O)Cn2nc(C)cc2C)ccc1OCC(=O)N(C)C. The molecule has 1 N–H and O–H groups in total. The number of aromatic nitrogens is 2. The highest BCUT2D eigenvalue weighted by atomic mass is 16.5. The number of likely N-dealkylation sites (N-methyl/N-ethyl adjacent to an activating group) is 1. The number of amides is 2. The highest BCUT2D eigenvalue weighted by Gasteiger charge is 2.10. The van der Waals surface area contributed by atoms with E-state index in [1.165, 1.54) is 11.1 Å². The molecule has 2 amide bonds. The molecule has 2 aromatic rings. The second kappa shape index (κ2) is 10.3. The first-order valence-electron chi connectivity index (χ1n) is 9.23. The zero-order chi connectivity index (χ0) is 21.4. The van der Waals surface area contributed by atoms with Gasteiger partial charge in [-0.05, 0) is 50.6 Å². The van der Waals surface area contributed by atoms with Gasteiger partial charge < -0.3 is 14.4 Å². The summed E-state index contributed by atoms with van der Waals surface area (Å²) in [6, 6.07) is 7.10. The molecule has 9 heteroatoms. The average molecular weight is 401 g/mol. The molecule has 0 aliphatic heterocycles. The van der Waals surface area contributed by atoms with Gasteiger partial charge in [0.05, 0.1) is 18.5 Å². The summed E-state index contributed by atoms with van der Waals surface area (Å²) in [7, 11) is 3.33. The predicted octanol–water partition coefficient (Wildman–Crippen LogP) is 1.52. The van der Waals surface area contributed by atoms with Crippen LogP contribution in [0.2, 0.25) is 0 Å². The summed E-state index contributed by atoms with van der Waals surface area (Å²) in [4.78, 5) is 25.2. The first-order valence-corrected chi connectivity index (χ1v) is 9.23. The van der Waals surface area contributed by atoms with Crippen LogP contribution in [0.5, 0.6) is 11.5 Å². The molecule has 1 heterocycles. The molecule has 29 heavy (non-hydrogen) atoms. The summed E-state index contributed by atoms with van der Waals surface area (Å²) in [5.74, 6) is 0.535. The topological polar surface area (TPSA) is 98.0 Å². The van der Waals surface area contributed by atoms with Gasteiger partial charge in [0, 0.05) is 19.8 Å². The molecule has 0 bridgehead atoms. The molecule has 0 atom stereocenters. The van der Waals surface area contributed by atoms with E-state index in [1.54, 1.807) is 37.0 Å². The molecule has 2 rings (SSSR count). The van der Waals surface area contributed by atoms with Crippen molar-refractivity contribution < 1.29 is 19.1 Å². The molecule has 156 valence electrons. The minimum atomic E-state index is -0.278. The van der Waals surface area contributed by atoms with Crippen LogP contribution >= 0.6 is 0 Å². The van der Waals surface area contributed by atoms with E-state index in [2.05, 4.69) is 15.6 Å². The lowest BCUT2D eigenvalue weighted by molar-refractivity contribution is -0.130. The molecule has 1 aromatic carbocycles. The Hall–Kier alpha value is -3.36. The van der Waals surface area contributed by atoms with Crippen molar-refractivity contribution in [2.75, 3.05) is 27.3 Å². The predicted molar refractivity (Wildman–Crippen MR) is 109 cm³/mol. The number of nitrogens with one attached hydrogen (secondary N) is 1. The van der Waals surface area contributed by atoms with Crippen LogP contribution in [0.15, 0.2) is 29.4 Å². The van der Waals surface area contributed by atoms with Crippen LogP contribution in [0.4, 0.5) is 0 Å². The van der Waals surface area contributed by atoms with Crippen molar-refractivity contribution in [3.8, 4) is 11.5 Å². The van der Waals surface area contributed by atoms with E-state index in [9.17, 15) is 9.59 Å². The van der Waals surface area contributed by atoms with Gasteiger partial charge in [0.1, 0.15) is 6.54 Å². The molecule has 0 fully saturated rings. The van der Waals surface area contributed by atoms with Crippen molar-refractivity contribution in [3.05, 3.63) is 41.2 Å². The van der Waals surface area contributed by atoms with Gasteiger partial charge in [-0.3, -0.25) is 14.3 Å². The fraction of sp³-hybridized carbons (Fsp3) is 0.400. The van der Waals surface area contributed by atoms with Crippen molar-refractivity contribution in [3.63, 3.8) is 0 Å². The maximum absolute atomic E-state index is 12.0. The lowest BCUT2D eigenvalue weighted by Gasteiger charge is -2.14. The van der Waals surface area contributed by atoms with E-state index in [0.717, 1.165) is 11.4 Å². The quantitative estimate of drug-likeness (QED) is 0.507. The Kier molecular flexibility index (Phi) is 7.76. The first kappa shape index (κ1) is 21.9. The van der Waals surface area contributed by atoms with E-state index in [4.69, 9.17) is 9.47 Å². The van der Waals surface area contributed by atoms with Crippen LogP contribution in [-0.2, 0) is 16.1 Å². The van der Waals surface area contributed by atoms with Crippen LogP contribution < -0.4 is 14.9 Å². The molecule has 0 spiro atoms. The maximum Gasteiger partial charge on any atom is 0.261 e. The number of nitrogens with zero attached hydrogens (tertiary/aromatic N) is 4. The van der Waals surface area contributed by atoms with E-state index in [1.807, 2.05) is 26.8 Å². The number of hydrogen-bond acceptors (Lipinski definition) is 6. The standard InChI is InChI=1S/C20H27N5O4/c1-6-28-18-10-16(7-8-17(18)29-13-20(27)24(4)5)11-21-22-19(26)12-25-15(3)9-14(2)23-25/h7-11H,6,12-13H2,1-5H3,(H,22,26)/b21-11-. The van der Waals surface area contributed by atoms with Gasteiger partial charge in [-0.25, -0.2) is 5.43 Å². The highest BCUT2D eigenvalue weighted by Crippen LogP contribution is 2.28. The smallest absolute Gasteiger partial charge is 0.261 e. The number of hydrogen-bond donors (Lipinski definition) is 1. The second-order valence-corrected chi connectivity index (χ2v) is 6.59. The van der Waals surface area contributed by atoms with E-state index >= 15 is 0 Å². The Morgan fingerprint density at radius 1 is 1.21 bits per heavy atom. The van der Waals surface area contributed by atoms with E-state index in [0.29, 0.717) is 23.7 Å². The number of carbonyl (C=O) groups is 2. The number of hydrazone groups is 1. The van der Waals surface area contributed by atoms with Gasteiger partial charge in [-0.2, -0.15) is 10.2 Å². The molecule has 0 saturated heterocycles. The molecule has 9 nitrogen and oxygen atoms in total. The highest BCUT2D eigenvalue weighted by molar-refractivity contribution is 5.83. The zero-order valence-electron chi connectivity index (χ0n) is 17.4. The number of benzene rings is 1. The summed E-state index contributed by atoms with van der Waals surface area (Å²) in [5.41, 5.74) is 4.96. The van der Waals surface area contributed by atoms with Gasteiger partial charge in [0.25, 0.3) is 11.8 Å². The lowest BCUT2D eigenvalue weighted by atomic mass is 10.2. The monoisotopic (exact) mass is 401 g/mol. The van der Waals surface area contributed by atoms with Crippen LogP contribution in [0.1, 0.15) is 23.9 Å². The van der Waals surface area contributed by atoms with Gasteiger partial charge in [0.2, 0.25) is 0 Å². The molecule has 0 unspecified atom stereocenters. The maximum atomic E-state index is 12.0. The molecule has 0 saturated carbocycles. The fourth-order valence-corrected chi connectivity index (χ4v) is 2.45. The Labute approximate surface area is 170 Å². The van der Waals surface area contributed by atoms with Gasteiger partial charge >= 0.3 is 0 Å². The molecular weight excluding hydrogens is 374 g/mol. The second-order valence-electron chi connectivity index (χ2n) is 6.59. The van der Waals surface area contributed by atoms with Crippen LogP contribution in [0.25, 0.3) is 0 Å². The van der Waals surface area contributed by atoms with Gasteiger partial charge in [0.15, 0.2) is 18.1 Å². The average Bonchev–Trinajstić information content (AvgIpc) is 2.97. The third kappa shape index (κ3) is 6.63. The fourth-order valence-electron chi connectivity index (χ4n) is 2.45. The van der Waals surface area contributed by atoms with Crippen LogP contribution in [-0.4, -0.2) is 60.0 Å². The minimum absolute atomic E-state index is 0.0805. The molecule has 1 aromatic heterocycles. The summed E-state index contributed by atoms with van der Waals surface area (Å²) in [6.07, 6.45) is 1.51. The molecular formula is C20H27N5O4. The summed E-state index contributed by atoms with van der Waals surface area (Å²) < 4.78 is 12.8. The lowest BCUT2D eigenvalue weighted by Crippen LogP contribution is -2.27. The largest absolute Gasteiger partial charge is 0.490 e. The number of rotatable bonds is 9. The minimum Gasteiger partial charge on any atom is -0.490 e. The molecule has 0 aliphatic carbocycles. The normalized spacial score (nSPS) is 10.8. The Morgan fingerprint density at radius 2 is 1.97 bits per heavy atom. The van der Waals surface area contributed by atoms with Gasteiger partial charge in [-0.15, -0.1) is 0 Å². The van der Waals surface area contributed by atoms with Crippen LogP contribution in [0, 0.1) is 13.8 Å². The van der Waals surface area contributed by atoms with Crippen LogP contribution in [0.3, 0.4) is 0 Å². The van der Waals surface area contributed by atoms with Crippen molar-refractivity contribution in [2.45, 2.75) is 27.3 Å². The third-order valence-corrected chi connectivity index (χ3v) is 3.92. The first-order chi connectivity index (χ1) is 13.8. The Balaban J connectivity index is 1.98. The third-order valence-electron chi connectivity index (χ3n) is 3.92. The molecule has 0 aliphatic rings.